The van der Waals surface area contributed by atoms with Crippen LogP contribution >= 0.6 is 12.4 Å². The quantitative estimate of drug-likeness (QED) is 0.672. The van der Waals surface area contributed by atoms with Crippen LogP contribution in [0.1, 0.15) is 48.9 Å². The third-order valence-electron chi connectivity index (χ3n) is 4.70. The average Bonchev–Trinajstić information content (AvgIpc) is 3.09. The summed E-state index contributed by atoms with van der Waals surface area (Å²) in [6, 6.07) is 1.45. The number of halogens is 1. The van der Waals surface area contributed by atoms with Crippen LogP contribution in [0.4, 0.5) is 4.79 Å². The zero-order chi connectivity index (χ0) is 17.4. The second-order valence-corrected chi connectivity index (χ2v) is 6.11. The van der Waals surface area contributed by atoms with Crippen molar-refractivity contribution in [2.75, 3.05) is 26.7 Å². The van der Waals surface area contributed by atoms with Gasteiger partial charge in [0.15, 0.2) is 18.1 Å². The lowest BCUT2D eigenvalue weighted by Crippen LogP contribution is -2.39. The van der Waals surface area contributed by atoms with Crippen LogP contribution < -0.4 is 16.0 Å². The fraction of sp³-hybridized carbons (Fsp3) is 0.688. The molecule has 0 radical (unpaired) electrons. The fourth-order valence-electron chi connectivity index (χ4n) is 2.97. The molecule has 1 aromatic heterocycles. The number of alkyl carbamates (subject to hydrolysis) is 1. The first-order valence-electron chi connectivity index (χ1n) is 8.37. The van der Waals surface area contributed by atoms with E-state index in [0.29, 0.717) is 17.7 Å². The van der Waals surface area contributed by atoms with Crippen molar-refractivity contribution in [3.8, 4) is 0 Å². The van der Waals surface area contributed by atoms with Crippen LogP contribution in [0.15, 0.2) is 10.6 Å². The average molecular weight is 375 g/mol. The first-order valence-corrected chi connectivity index (χ1v) is 8.37. The lowest BCUT2D eigenvalue weighted by Gasteiger charge is -2.37. The summed E-state index contributed by atoms with van der Waals surface area (Å²) in [6.07, 6.45) is 3.85. The Balaban J connectivity index is 0.00000312. The highest BCUT2D eigenvalue weighted by Crippen LogP contribution is 2.35. The maximum absolute atomic E-state index is 11.8. The Kier molecular flexibility index (Phi) is 8.71. The Hall–Kier alpha value is -1.80. The molecule has 142 valence electrons. The molecular weight excluding hydrogens is 348 g/mol. The van der Waals surface area contributed by atoms with E-state index in [9.17, 15) is 9.59 Å². The summed E-state index contributed by atoms with van der Waals surface area (Å²) in [4.78, 5) is 23.1. The number of rotatable bonds is 7. The van der Waals surface area contributed by atoms with Crippen molar-refractivity contribution in [1.82, 2.24) is 21.1 Å². The van der Waals surface area contributed by atoms with E-state index in [-0.39, 0.29) is 30.6 Å². The number of hydrogen-bond donors (Lipinski definition) is 3. The molecule has 25 heavy (non-hydrogen) atoms. The number of amides is 2. The van der Waals surface area contributed by atoms with E-state index < -0.39 is 6.09 Å². The molecule has 0 bridgehead atoms. The Bertz CT molecular complexity index is 558. The molecular formula is C16H27ClN4O4. The van der Waals surface area contributed by atoms with E-state index in [2.05, 4.69) is 28.0 Å². The predicted molar refractivity (Wildman–Crippen MR) is 94.8 cm³/mol. The van der Waals surface area contributed by atoms with E-state index in [1.807, 2.05) is 0 Å². The van der Waals surface area contributed by atoms with Gasteiger partial charge < -0.3 is 25.2 Å². The first kappa shape index (κ1) is 21.2. The van der Waals surface area contributed by atoms with Crippen LogP contribution in [-0.4, -0.2) is 43.8 Å². The van der Waals surface area contributed by atoms with Crippen molar-refractivity contribution in [2.24, 2.45) is 5.41 Å². The first-order chi connectivity index (χ1) is 11.6. The summed E-state index contributed by atoms with van der Waals surface area (Å²) in [5, 5.41) is 12.2. The number of ether oxygens (including phenoxy) is 1. The van der Waals surface area contributed by atoms with Gasteiger partial charge in [-0.15, -0.1) is 12.4 Å². The van der Waals surface area contributed by atoms with Crippen LogP contribution in [0.5, 0.6) is 0 Å². The molecule has 1 fully saturated rings. The lowest BCUT2D eigenvalue weighted by atomic mass is 9.74. The van der Waals surface area contributed by atoms with E-state index in [1.54, 1.807) is 0 Å². The van der Waals surface area contributed by atoms with Gasteiger partial charge in [-0.1, -0.05) is 18.5 Å². The topological polar surface area (TPSA) is 105 Å². The van der Waals surface area contributed by atoms with Gasteiger partial charge in [0, 0.05) is 19.7 Å². The van der Waals surface area contributed by atoms with Gasteiger partial charge in [-0.2, -0.15) is 0 Å². The Labute approximate surface area is 153 Å². The number of nitrogens with one attached hydrogen (secondary N) is 3. The maximum atomic E-state index is 11.8. The maximum Gasteiger partial charge on any atom is 0.407 e. The van der Waals surface area contributed by atoms with Crippen molar-refractivity contribution in [3.63, 3.8) is 0 Å². The summed E-state index contributed by atoms with van der Waals surface area (Å²) in [7, 11) is 1.51. The third-order valence-corrected chi connectivity index (χ3v) is 4.70. The van der Waals surface area contributed by atoms with Gasteiger partial charge in [-0.05, 0) is 37.8 Å². The van der Waals surface area contributed by atoms with Crippen LogP contribution in [-0.2, 0) is 11.3 Å². The molecule has 0 aromatic carbocycles. The second kappa shape index (κ2) is 10.2. The number of hydrogen-bond acceptors (Lipinski definition) is 6. The smallest absolute Gasteiger partial charge is 0.407 e. The number of piperidine rings is 1. The molecule has 1 aliphatic heterocycles. The molecule has 0 unspecified atom stereocenters. The standard InChI is InChI=1S/C16H26N4O4.ClH/c1-3-16(4-7-18-8-5-16)6-9-19-15(22)23-11-12-10-13(20-24-12)14(21)17-2;/h10,18H,3-9,11H2,1-2H3,(H,17,21)(H,19,22);1H. The molecule has 3 N–H and O–H groups in total. The highest BCUT2D eigenvalue weighted by Gasteiger charge is 2.29. The summed E-state index contributed by atoms with van der Waals surface area (Å²) >= 11 is 0. The molecule has 0 atom stereocenters. The molecule has 9 heteroatoms. The number of aromatic nitrogens is 1. The van der Waals surface area contributed by atoms with Gasteiger partial charge in [0.2, 0.25) is 0 Å². The summed E-state index contributed by atoms with van der Waals surface area (Å²) in [6.45, 7) is 4.82. The number of carbonyl (C=O) groups is 2. The highest BCUT2D eigenvalue weighted by atomic mass is 35.5. The molecule has 2 amide bonds. The Morgan fingerprint density at radius 3 is 2.76 bits per heavy atom. The minimum atomic E-state index is -0.493. The Morgan fingerprint density at radius 2 is 2.12 bits per heavy atom. The van der Waals surface area contributed by atoms with Crippen LogP contribution in [0.25, 0.3) is 0 Å². The normalized spacial score (nSPS) is 15.8. The third kappa shape index (κ3) is 6.21. The molecule has 0 aliphatic carbocycles. The van der Waals surface area contributed by atoms with Gasteiger partial charge in [-0.3, -0.25) is 4.79 Å². The van der Waals surface area contributed by atoms with Crippen molar-refractivity contribution in [1.29, 1.82) is 0 Å². The van der Waals surface area contributed by atoms with Crippen LogP contribution in [0.2, 0.25) is 0 Å². The fourth-order valence-corrected chi connectivity index (χ4v) is 2.97. The van der Waals surface area contributed by atoms with Crippen LogP contribution in [0.3, 0.4) is 0 Å². The van der Waals surface area contributed by atoms with Gasteiger partial charge >= 0.3 is 6.09 Å². The molecule has 8 nitrogen and oxygen atoms in total. The zero-order valence-corrected chi connectivity index (χ0v) is 15.5. The summed E-state index contributed by atoms with van der Waals surface area (Å²) in [5.41, 5.74) is 0.471. The number of carbonyl (C=O) groups excluding carboxylic acids is 2. The highest BCUT2D eigenvalue weighted by molar-refractivity contribution is 5.91. The summed E-state index contributed by atoms with van der Waals surface area (Å²) in [5.74, 6) is -0.0200. The molecule has 0 spiro atoms. The van der Waals surface area contributed by atoms with Crippen molar-refractivity contribution < 1.29 is 18.8 Å². The SMILES string of the molecule is CCC1(CCNC(=O)OCc2cc(C(=O)NC)no2)CCNCC1.Cl. The largest absolute Gasteiger partial charge is 0.441 e. The van der Waals surface area contributed by atoms with Crippen LogP contribution in [0, 0.1) is 5.41 Å². The van der Waals surface area contributed by atoms with E-state index >= 15 is 0 Å². The van der Waals surface area contributed by atoms with Gasteiger partial charge in [0.1, 0.15) is 0 Å². The van der Waals surface area contributed by atoms with Gasteiger partial charge in [-0.25, -0.2) is 4.79 Å². The minimum Gasteiger partial charge on any atom is -0.441 e. The summed E-state index contributed by atoms with van der Waals surface area (Å²) < 4.78 is 10.0. The molecule has 1 aromatic rings. The zero-order valence-electron chi connectivity index (χ0n) is 14.7. The van der Waals surface area contributed by atoms with E-state index in [0.717, 1.165) is 38.8 Å². The Morgan fingerprint density at radius 1 is 1.40 bits per heavy atom. The minimum absolute atomic E-state index is 0. The molecule has 2 heterocycles. The second-order valence-electron chi connectivity index (χ2n) is 6.11. The van der Waals surface area contributed by atoms with Crippen molar-refractivity contribution >= 4 is 24.4 Å². The van der Waals surface area contributed by atoms with E-state index in [1.165, 1.54) is 13.1 Å². The predicted octanol–water partition coefficient (Wildman–Crippen LogP) is 1.85. The molecule has 1 aliphatic rings. The van der Waals surface area contributed by atoms with Crippen molar-refractivity contribution in [2.45, 2.75) is 39.2 Å². The molecule has 2 rings (SSSR count). The molecule has 0 saturated carbocycles. The van der Waals surface area contributed by atoms with Crippen molar-refractivity contribution in [3.05, 3.63) is 17.5 Å². The van der Waals surface area contributed by atoms with E-state index in [4.69, 9.17) is 9.26 Å². The molecule has 1 saturated heterocycles. The lowest BCUT2D eigenvalue weighted by molar-refractivity contribution is 0.0952. The van der Waals surface area contributed by atoms with Gasteiger partial charge in [0.25, 0.3) is 5.91 Å². The monoisotopic (exact) mass is 374 g/mol. The number of nitrogens with zero attached hydrogens (tertiary/aromatic N) is 1. The van der Waals surface area contributed by atoms with Gasteiger partial charge in [0.05, 0.1) is 0 Å².